The van der Waals surface area contributed by atoms with E-state index in [1.165, 1.54) is 0 Å². The van der Waals surface area contributed by atoms with E-state index in [0.29, 0.717) is 19.0 Å². The van der Waals surface area contributed by atoms with Crippen LogP contribution in [0.5, 0.6) is 0 Å². The molecule has 0 amide bonds. The lowest BCUT2D eigenvalue weighted by molar-refractivity contribution is 0.292. The minimum Gasteiger partial charge on any atom is -0.355 e. The van der Waals surface area contributed by atoms with Gasteiger partial charge in [-0.25, -0.2) is 13.1 Å². The number of nitrogens with one attached hydrogen (secondary N) is 3. The van der Waals surface area contributed by atoms with E-state index in [2.05, 4.69) is 46.0 Å². The quantitative estimate of drug-likeness (QED) is 0.204. The van der Waals surface area contributed by atoms with Gasteiger partial charge in [-0.3, -0.25) is 4.99 Å². The van der Waals surface area contributed by atoms with Gasteiger partial charge >= 0.3 is 0 Å². The van der Waals surface area contributed by atoms with Crippen molar-refractivity contribution in [1.29, 1.82) is 0 Å². The summed E-state index contributed by atoms with van der Waals surface area (Å²) in [6.07, 6.45) is 2.15. The zero-order valence-electron chi connectivity index (χ0n) is 18.1. The second-order valence-electron chi connectivity index (χ2n) is 6.84. The number of benzene rings is 1. The van der Waals surface area contributed by atoms with E-state index in [-0.39, 0.29) is 35.8 Å². The summed E-state index contributed by atoms with van der Waals surface area (Å²) in [4.78, 5) is 6.60. The molecule has 0 bridgehead atoms. The number of sulfonamides is 1. The van der Waals surface area contributed by atoms with Crippen LogP contribution in [0.25, 0.3) is 0 Å². The predicted octanol–water partition coefficient (Wildman–Crippen LogP) is 2.40. The van der Waals surface area contributed by atoms with Crippen molar-refractivity contribution in [2.75, 3.05) is 39.0 Å². The molecule has 0 fully saturated rings. The van der Waals surface area contributed by atoms with Crippen molar-refractivity contribution < 1.29 is 8.42 Å². The van der Waals surface area contributed by atoms with Gasteiger partial charge in [-0.2, -0.15) is 0 Å². The summed E-state index contributed by atoms with van der Waals surface area (Å²) in [5, 5.41) is 6.41. The van der Waals surface area contributed by atoms with E-state index in [0.717, 1.165) is 38.0 Å². The molecule has 0 heterocycles. The van der Waals surface area contributed by atoms with E-state index in [1.54, 1.807) is 7.05 Å². The maximum atomic E-state index is 12.1. The summed E-state index contributed by atoms with van der Waals surface area (Å²) < 4.78 is 26.9. The number of halogens is 1. The molecule has 0 aliphatic rings. The Labute approximate surface area is 194 Å². The molecule has 1 rings (SSSR count). The van der Waals surface area contributed by atoms with Crippen molar-refractivity contribution in [3.05, 3.63) is 35.9 Å². The van der Waals surface area contributed by atoms with Gasteiger partial charge in [0, 0.05) is 26.2 Å². The molecule has 0 aliphatic heterocycles. The standard InChI is InChI=1S/C20H37N5O2S.HI/c1-5-25(6-2)15-10-11-18(3)24-20(21-4)22-14-16-28(26,27)23-17-19-12-8-7-9-13-19;/h7-9,12-13,18,23H,5-6,10-11,14-17H2,1-4H3,(H2,21,22,24);1H. The second kappa shape index (κ2) is 15.9. The SMILES string of the molecule is CCN(CC)CCCC(C)NC(=NC)NCCS(=O)(=O)NCc1ccccc1.I. The number of guanidine groups is 1. The minimum atomic E-state index is -3.34. The molecule has 0 saturated heterocycles. The van der Waals surface area contributed by atoms with Crippen LogP contribution in [0.1, 0.15) is 39.2 Å². The molecular formula is C20H38IN5O2S. The van der Waals surface area contributed by atoms with Gasteiger partial charge in [0.1, 0.15) is 0 Å². The van der Waals surface area contributed by atoms with Crippen molar-refractivity contribution in [2.45, 2.75) is 46.2 Å². The Morgan fingerprint density at radius 3 is 2.41 bits per heavy atom. The van der Waals surface area contributed by atoms with Gasteiger partial charge in [-0.05, 0) is 45.0 Å². The number of hydrogen-bond acceptors (Lipinski definition) is 4. The largest absolute Gasteiger partial charge is 0.355 e. The molecule has 1 aromatic carbocycles. The fraction of sp³-hybridized carbons (Fsp3) is 0.650. The van der Waals surface area contributed by atoms with Crippen molar-refractivity contribution in [3.63, 3.8) is 0 Å². The van der Waals surface area contributed by atoms with Crippen molar-refractivity contribution in [1.82, 2.24) is 20.3 Å². The van der Waals surface area contributed by atoms with Gasteiger partial charge < -0.3 is 15.5 Å². The Kier molecular flexibility index (Phi) is 15.4. The first-order chi connectivity index (χ1) is 13.4. The third-order valence-corrected chi connectivity index (χ3v) is 5.94. The molecule has 7 nitrogen and oxygen atoms in total. The summed E-state index contributed by atoms with van der Waals surface area (Å²) in [6, 6.07) is 9.76. The topological polar surface area (TPSA) is 85.8 Å². The monoisotopic (exact) mass is 539 g/mol. The summed E-state index contributed by atoms with van der Waals surface area (Å²) in [6.45, 7) is 10.3. The summed E-state index contributed by atoms with van der Waals surface area (Å²) in [5.41, 5.74) is 0.940. The summed E-state index contributed by atoms with van der Waals surface area (Å²) in [7, 11) is -1.65. The van der Waals surface area contributed by atoms with Gasteiger partial charge in [-0.1, -0.05) is 44.2 Å². The molecule has 1 unspecified atom stereocenters. The van der Waals surface area contributed by atoms with E-state index in [4.69, 9.17) is 0 Å². The van der Waals surface area contributed by atoms with Gasteiger partial charge in [0.15, 0.2) is 5.96 Å². The molecule has 9 heteroatoms. The maximum absolute atomic E-state index is 12.1. The van der Waals surface area contributed by atoms with Gasteiger partial charge in [0.2, 0.25) is 10.0 Å². The second-order valence-corrected chi connectivity index (χ2v) is 8.77. The Morgan fingerprint density at radius 2 is 1.83 bits per heavy atom. The van der Waals surface area contributed by atoms with E-state index < -0.39 is 10.0 Å². The highest BCUT2D eigenvalue weighted by Gasteiger charge is 2.11. The van der Waals surface area contributed by atoms with Crippen LogP contribution in [0.2, 0.25) is 0 Å². The number of nitrogens with zero attached hydrogens (tertiary/aromatic N) is 2. The molecule has 0 saturated carbocycles. The first-order valence-electron chi connectivity index (χ1n) is 10.1. The van der Waals surface area contributed by atoms with Gasteiger partial charge in [-0.15, -0.1) is 24.0 Å². The molecule has 0 aliphatic carbocycles. The Hall–Kier alpha value is -0.910. The van der Waals surface area contributed by atoms with Crippen LogP contribution in [0.15, 0.2) is 35.3 Å². The molecule has 0 spiro atoms. The lowest BCUT2D eigenvalue weighted by Gasteiger charge is -2.21. The lowest BCUT2D eigenvalue weighted by Crippen LogP contribution is -2.44. The first kappa shape index (κ1) is 28.1. The zero-order valence-corrected chi connectivity index (χ0v) is 21.3. The third-order valence-electron chi connectivity index (χ3n) is 4.61. The molecule has 29 heavy (non-hydrogen) atoms. The Balaban J connectivity index is 0.00000784. The predicted molar refractivity (Wildman–Crippen MR) is 133 cm³/mol. The highest BCUT2D eigenvalue weighted by Crippen LogP contribution is 2.00. The lowest BCUT2D eigenvalue weighted by atomic mass is 10.2. The fourth-order valence-electron chi connectivity index (χ4n) is 2.83. The van der Waals surface area contributed by atoms with E-state index in [9.17, 15) is 8.42 Å². The number of hydrogen-bond donors (Lipinski definition) is 3. The summed E-state index contributed by atoms with van der Waals surface area (Å²) in [5.74, 6) is 0.630. The molecule has 3 N–H and O–H groups in total. The number of aliphatic imine (C=N–C) groups is 1. The van der Waals surface area contributed by atoms with Crippen LogP contribution in [0.4, 0.5) is 0 Å². The molecule has 168 valence electrons. The average Bonchev–Trinajstić information content (AvgIpc) is 2.69. The molecule has 0 radical (unpaired) electrons. The maximum Gasteiger partial charge on any atom is 0.213 e. The molecular weight excluding hydrogens is 501 g/mol. The van der Waals surface area contributed by atoms with E-state index in [1.807, 2.05) is 30.3 Å². The van der Waals surface area contributed by atoms with Crippen molar-refractivity contribution in [2.24, 2.45) is 4.99 Å². The van der Waals surface area contributed by atoms with Crippen LogP contribution in [0, 0.1) is 0 Å². The Morgan fingerprint density at radius 1 is 1.17 bits per heavy atom. The first-order valence-corrected chi connectivity index (χ1v) is 11.8. The summed E-state index contributed by atoms with van der Waals surface area (Å²) >= 11 is 0. The fourth-order valence-corrected chi connectivity index (χ4v) is 3.73. The van der Waals surface area contributed by atoms with Gasteiger partial charge in [0.05, 0.1) is 5.75 Å². The molecule has 0 aromatic heterocycles. The highest BCUT2D eigenvalue weighted by molar-refractivity contribution is 14.0. The van der Waals surface area contributed by atoms with E-state index >= 15 is 0 Å². The van der Waals surface area contributed by atoms with Crippen molar-refractivity contribution >= 4 is 40.0 Å². The number of rotatable bonds is 13. The third kappa shape index (κ3) is 13.1. The van der Waals surface area contributed by atoms with Crippen LogP contribution in [0.3, 0.4) is 0 Å². The molecule has 1 atom stereocenters. The average molecular weight is 540 g/mol. The highest BCUT2D eigenvalue weighted by atomic mass is 127. The minimum absolute atomic E-state index is 0. The molecule has 1 aromatic rings. The van der Waals surface area contributed by atoms with Crippen LogP contribution in [-0.2, 0) is 16.6 Å². The zero-order chi connectivity index (χ0) is 20.8. The van der Waals surface area contributed by atoms with Gasteiger partial charge in [0.25, 0.3) is 0 Å². The van der Waals surface area contributed by atoms with Crippen LogP contribution >= 0.6 is 24.0 Å². The Bertz CT molecular complexity index is 667. The normalized spacial score (nSPS) is 13.1. The smallest absolute Gasteiger partial charge is 0.213 e. The van der Waals surface area contributed by atoms with Crippen molar-refractivity contribution in [3.8, 4) is 0 Å². The van der Waals surface area contributed by atoms with Crippen LogP contribution in [-0.4, -0.2) is 64.3 Å². The van der Waals surface area contributed by atoms with Crippen LogP contribution < -0.4 is 15.4 Å².